The van der Waals surface area contributed by atoms with Crippen molar-refractivity contribution in [1.29, 1.82) is 0 Å². The van der Waals surface area contributed by atoms with Gasteiger partial charge in [-0.3, -0.25) is 9.59 Å². The molecule has 0 unspecified atom stereocenters. The summed E-state index contributed by atoms with van der Waals surface area (Å²) >= 11 is 10.3. The molecule has 3 aromatic carbocycles. The number of aromatic nitrogens is 1. The number of hydrogen-bond donors (Lipinski definition) is 3. The van der Waals surface area contributed by atoms with Gasteiger partial charge in [-0.1, -0.05) is 41.9 Å². The molecule has 2 N–H and O–H groups in total. The summed E-state index contributed by atoms with van der Waals surface area (Å²) in [4.78, 5) is 41.6. The normalized spacial score (nSPS) is 10.4. The van der Waals surface area contributed by atoms with Gasteiger partial charge in [-0.15, -0.1) is 17.5 Å². The maximum Gasteiger partial charge on any atom is 0.259 e. The predicted octanol–water partition coefficient (Wildman–Crippen LogP) is 6.59. The zero-order valence-electron chi connectivity index (χ0n) is 17.5. The van der Waals surface area contributed by atoms with Crippen LogP contribution in [0.15, 0.2) is 95.1 Å². The first-order valence-corrected chi connectivity index (χ1v) is 10.9. The van der Waals surface area contributed by atoms with Crippen molar-refractivity contribution in [1.82, 2.24) is 4.98 Å². The highest BCUT2D eigenvalue weighted by atomic mass is 35.5. The lowest BCUT2D eigenvalue weighted by atomic mass is 10.0. The van der Waals surface area contributed by atoms with Crippen molar-refractivity contribution < 1.29 is 9.59 Å². The number of nitroso groups, excluding NO2 is 1. The lowest BCUT2D eigenvalue weighted by molar-refractivity contribution is 0.102. The Balaban J connectivity index is 1.56. The van der Waals surface area contributed by atoms with Gasteiger partial charge in [0.1, 0.15) is 11.5 Å². The molecule has 4 rings (SSSR count). The Kier molecular flexibility index (Phi) is 7.01. The van der Waals surface area contributed by atoms with Crippen LogP contribution in [0.2, 0.25) is 5.02 Å². The molecule has 9 heteroatoms. The molecule has 0 bridgehead atoms. The van der Waals surface area contributed by atoms with E-state index in [1.807, 2.05) is 36.4 Å². The van der Waals surface area contributed by atoms with Crippen molar-refractivity contribution in [2.24, 2.45) is 5.18 Å². The van der Waals surface area contributed by atoms with Gasteiger partial charge in [-0.2, -0.15) is 0 Å². The van der Waals surface area contributed by atoms with Crippen molar-refractivity contribution in [2.45, 2.75) is 4.90 Å². The van der Waals surface area contributed by atoms with Crippen LogP contribution in [0.25, 0.3) is 11.1 Å². The third-order valence-electron chi connectivity index (χ3n) is 4.93. The highest BCUT2D eigenvalue weighted by Gasteiger charge is 2.17. The molecule has 34 heavy (non-hydrogen) atoms. The van der Waals surface area contributed by atoms with Crippen molar-refractivity contribution in [3.05, 3.63) is 106 Å². The summed E-state index contributed by atoms with van der Waals surface area (Å²) in [5.41, 5.74) is 2.57. The SMILES string of the molecule is O=Nc1ccc(NC(=O)c2ccc(-c3ccccc3S)cc2)c(C(=O)Nc2ccc(Cl)cn2)c1. The number of carbonyl (C=O) groups excluding carboxylic acids is 2. The summed E-state index contributed by atoms with van der Waals surface area (Å²) in [5, 5.41) is 8.63. The van der Waals surface area contributed by atoms with Crippen LogP contribution in [-0.4, -0.2) is 16.8 Å². The second-order valence-corrected chi connectivity index (χ2v) is 8.10. The van der Waals surface area contributed by atoms with Crippen LogP contribution in [0.1, 0.15) is 20.7 Å². The number of amides is 2. The quantitative estimate of drug-likeness (QED) is 0.210. The van der Waals surface area contributed by atoms with E-state index in [9.17, 15) is 14.5 Å². The smallest absolute Gasteiger partial charge is 0.259 e. The molecule has 0 spiro atoms. The van der Waals surface area contributed by atoms with Gasteiger partial charge in [0.2, 0.25) is 0 Å². The Hall–Kier alpha value is -4.01. The minimum absolute atomic E-state index is 0.0435. The van der Waals surface area contributed by atoms with Gasteiger partial charge in [-0.05, 0) is 64.8 Å². The minimum atomic E-state index is -0.573. The molecule has 0 atom stereocenters. The third kappa shape index (κ3) is 5.31. The highest BCUT2D eigenvalue weighted by Crippen LogP contribution is 2.27. The fraction of sp³-hybridized carbons (Fsp3) is 0. The molecular formula is C25H17ClN4O3S. The minimum Gasteiger partial charge on any atom is -0.321 e. The number of thiol groups is 1. The Morgan fingerprint density at radius 1 is 0.882 bits per heavy atom. The number of anilines is 2. The summed E-state index contributed by atoms with van der Waals surface area (Å²) < 4.78 is 0. The first kappa shape index (κ1) is 23.2. The largest absolute Gasteiger partial charge is 0.321 e. The number of halogens is 1. The molecule has 2 amide bonds. The fourth-order valence-corrected chi connectivity index (χ4v) is 3.63. The van der Waals surface area contributed by atoms with E-state index >= 15 is 0 Å². The molecule has 0 saturated carbocycles. The lowest BCUT2D eigenvalue weighted by Crippen LogP contribution is -2.18. The summed E-state index contributed by atoms with van der Waals surface area (Å²) in [6.07, 6.45) is 1.39. The molecule has 0 aliphatic carbocycles. The van der Waals surface area contributed by atoms with E-state index in [0.29, 0.717) is 10.6 Å². The van der Waals surface area contributed by atoms with Crippen LogP contribution < -0.4 is 10.6 Å². The van der Waals surface area contributed by atoms with Crippen molar-refractivity contribution in [2.75, 3.05) is 10.6 Å². The molecule has 0 fully saturated rings. The van der Waals surface area contributed by atoms with Crippen molar-refractivity contribution >= 4 is 53.2 Å². The summed E-state index contributed by atoms with van der Waals surface area (Å²) in [5.74, 6) is -0.733. The molecule has 0 aliphatic rings. The van der Waals surface area contributed by atoms with Crippen LogP contribution in [-0.2, 0) is 0 Å². The van der Waals surface area contributed by atoms with Crippen LogP contribution in [0.5, 0.6) is 0 Å². The first-order chi connectivity index (χ1) is 16.4. The predicted molar refractivity (Wildman–Crippen MR) is 136 cm³/mol. The average molecular weight is 489 g/mol. The third-order valence-corrected chi connectivity index (χ3v) is 5.55. The average Bonchev–Trinajstić information content (AvgIpc) is 2.86. The molecule has 0 saturated heterocycles. The van der Waals surface area contributed by atoms with Gasteiger partial charge < -0.3 is 10.6 Å². The summed E-state index contributed by atoms with van der Waals surface area (Å²) in [7, 11) is 0. The molecule has 1 heterocycles. The Bertz CT molecular complexity index is 1380. The topological polar surface area (TPSA) is 101 Å². The number of rotatable bonds is 6. The van der Waals surface area contributed by atoms with E-state index in [1.54, 1.807) is 18.2 Å². The highest BCUT2D eigenvalue weighted by molar-refractivity contribution is 7.80. The number of pyridine rings is 1. The van der Waals surface area contributed by atoms with Crippen molar-refractivity contribution in [3.63, 3.8) is 0 Å². The van der Waals surface area contributed by atoms with E-state index in [2.05, 4.69) is 33.4 Å². The summed E-state index contributed by atoms with van der Waals surface area (Å²) in [6, 6.07) is 21.9. The molecule has 7 nitrogen and oxygen atoms in total. The van der Waals surface area contributed by atoms with E-state index in [0.717, 1.165) is 16.0 Å². The molecule has 168 valence electrons. The Morgan fingerprint density at radius 3 is 2.32 bits per heavy atom. The van der Waals surface area contributed by atoms with Crippen LogP contribution >= 0.6 is 24.2 Å². The van der Waals surface area contributed by atoms with Gasteiger partial charge in [0.05, 0.1) is 16.3 Å². The van der Waals surface area contributed by atoms with Gasteiger partial charge in [0, 0.05) is 16.7 Å². The Morgan fingerprint density at radius 2 is 1.65 bits per heavy atom. The zero-order valence-corrected chi connectivity index (χ0v) is 19.2. The van der Waals surface area contributed by atoms with E-state index in [4.69, 9.17) is 11.6 Å². The number of hydrogen-bond acceptors (Lipinski definition) is 6. The Labute approximate surface area is 205 Å². The van der Waals surface area contributed by atoms with Crippen LogP contribution in [0.4, 0.5) is 17.2 Å². The van der Waals surface area contributed by atoms with Gasteiger partial charge in [0.15, 0.2) is 0 Å². The van der Waals surface area contributed by atoms with E-state index in [-0.39, 0.29) is 22.8 Å². The lowest BCUT2D eigenvalue weighted by Gasteiger charge is -2.12. The molecule has 4 aromatic rings. The molecule has 0 radical (unpaired) electrons. The van der Waals surface area contributed by atoms with E-state index in [1.165, 1.54) is 30.5 Å². The maximum atomic E-state index is 12.9. The van der Waals surface area contributed by atoms with Gasteiger partial charge >= 0.3 is 0 Å². The van der Waals surface area contributed by atoms with Gasteiger partial charge in [-0.25, -0.2) is 4.98 Å². The number of benzene rings is 3. The van der Waals surface area contributed by atoms with Crippen LogP contribution in [0, 0.1) is 4.91 Å². The fourth-order valence-electron chi connectivity index (χ4n) is 3.23. The van der Waals surface area contributed by atoms with Gasteiger partial charge in [0.25, 0.3) is 11.8 Å². The monoisotopic (exact) mass is 488 g/mol. The summed E-state index contributed by atoms with van der Waals surface area (Å²) in [6.45, 7) is 0. The molecular weight excluding hydrogens is 472 g/mol. The van der Waals surface area contributed by atoms with Crippen molar-refractivity contribution in [3.8, 4) is 11.1 Å². The number of carbonyl (C=O) groups is 2. The number of nitrogens with one attached hydrogen (secondary N) is 2. The number of nitrogens with zero attached hydrogens (tertiary/aromatic N) is 2. The first-order valence-electron chi connectivity index (χ1n) is 10.0. The zero-order chi connectivity index (χ0) is 24.1. The standard InChI is InChI=1S/C25H17ClN4O3S/c26-17-9-12-23(27-14-17)29-25(32)20-13-18(30-33)10-11-21(20)28-24(31)16-7-5-15(6-8-16)19-3-1-2-4-22(19)34/h1-14,34H,(H,28,31)(H,27,29,32). The maximum absolute atomic E-state index is 12.9. The second kappa shape index (κ2) is 10.3. The molecule has 1 aromatic heterocycles. The molecule has 0 aliphatic heterocycles. The second-order valence-electron chi connectivity index (χ2n) is 7.19. The van der Waals surface area contributed by atoms with E-state index < -0.39 is 11.8 Å². The van der Waals surface area contributed by atoms with Crippen LogP contribution in [0.3, 0.4) is 0 Å².